The maximum atomic E-state index is 5.61. The molecule has 0 unspecified atom stereocenters. The van der Waals surface area contributed by atoms with Crippen molar-refractivity contribution in [1.82, 2.24) is 9.88 Å². The monoisotopic (exact) mass is 356 g/mol. The Morgan fingerprint density at radius 2 is 2.00 bits per heavy atom. The van der Waals surface area contributed by atoms with E-state index in [0.29, 0.717) is 18.4 Å². The first kappa shape index (κ1) is 18.7. The summed E-state index contributed by atoms with van der Waals surface area (Å²) in [4.78, 5) is 7.05. The average Bonchev–Trinajstić information content (AvgIpc) is 3.06. The third-order valence-corrected chi connectivity index (χ3v) is 4.90. The van der Waals surface area contributed by atoms with E-state index < -0.39 is 0 Å². The standard InChI is InChI=1S/C21H28N2O3/c1-4-26-20-9-8-16(11-21(20)25-3)12-23-13-17(15-24-2)18(14-23)19-7-5-6-10-22-19/h5-11,17-18H,4,12-15H2,1-3H3/t17-,18+/m0/s1. The van der Waals surface area contributed by atoms with Crippen molar-refractivity contribution in [2.45, 2.75) is 19.4 Å². The number of nitrogens with zero attached hydrogens (tertiary/aromatic N) is 2. The lowest BCUT2D eigenvalue weighted by Crippen LogP contribution is -2.21. The van der Waals surface area contributed by atoms with Crippen molar-refractivity contribution in [2.24, 2.45) is 5.92 Å². The van der Waals surface area contributed by atoms with Crippen LogP contribution in [0, 0.1) is 5.92 Å². The van der Waals surface area contributed by atoms with Gasteiger partial charge in [0, 0.05) is 50.5 Å². The predicted molar refractivity (Wildman–Crippen MR) is 102 cm³/mol. The van der Waals surface area contributed by atoms with Crippen LogP contribution in [0.3, 0.4) is 0 Å². The molecule has 5 nitrogen and oxygen atoms in total. The summed E-state index contributed by atoms with van der Waals surface area (Å²) in [5.74, 6) is 2.45. The molecule has 1 fully saturated rings. The highest BCUT2D eigenvalue weighted by Crippen LogP contribution is 2.34. The number of hydrogen-bond donors (Lipinski definition) is 0. The molecule has 0 radical (unpaired) electrons. The fourth-order valence-electron chi connectivity index (χ4n) is 3.75. The van der Waals surface area contributed by atoms with Crippen LogP contribution in [0.25, 0.3) is 0 Å². The van der Waals surface area contributed by atoms with Crippen molar-refractivity contribution in [3.05, 3.63) is 53.9 Å². The summed E-state index contributed by atoms with van der Waals surface area (Å²) in [6.45, 7) is 6.24. The number of methoxy groups -OCH3 is 2. The lowest BCUT2D eigenvalue weighted by Gasteiger charge is -2.17. The van der Waals surface area contributed by atoms with Gasteiger partial charge < -0.3 is 14.2 Å². The Balaban J connectivity index is 1.72. The fraction of sp³-hybridized carbons (Fsp3) is 0.476. The lowest BCUT2D eigenvalue weighted by molar-refractivity contribution is 0.147. The van der Waals surface area contributed by atoms with Crippen molar-refractivity contribution in [2.75, 3.05) is 40.5 Å². The van der Waals surface area contributed by atoms with Crippen LogP contribution in [0.15, 0.2) is 42.6 Å². The number of likely N-dealkylation sites (tertiary alicyclic amines) is 1. The second-order valence-corrected chi connectivity index (χ2v) is 6.69. The molecule has 140 valence electrons. The van der Waals surface area contributed by atoms with Gasteiger partial charge in [0.25, 0.3) is 0 Å². The van der Waals surface area contributed by atoms with Crippen LogP contribution in [0.5, 0.6) is 11.5 Å². The average molecular weight is 356 g/mol. The molecule has 0 aliphatic carbocycles. The van der Waals surface area contributed by atoms with Crippen molar-refractivity contribution in [3.63, 3.8) is 0 Å². The summed E-state index contributed by atoms with van der Waals surface area (Å²) in [5.41, 5.74) is 2.38. The van der Waals surface area contributed by atoms with Gasteiger partial charge in [0.2, 0.25) is 0 Å². The molecule has 0 N–H and O–H groups in total. The fourth-order valence-corrected chi connectivity index (χ4v) is 3.75. The molecule has 2 aromatic rings. The van der Waals surface area contributed by atoms with Crippen LogP contribution >= 0.6 is 0 Å². The first-order valence-corrected chi connectivity index (χ1v) is 9.17. The molecule has 0 saturated carbocycles. The quantitative estimate of drug-likeness (QED) is 0.726. The molecule has 2 heterocycles. The minimum atomic E-state index is 0.403. The van der Waals surface area contributed by atoms with Crippen LogP contribution < -0.4 is 9.47 Å². The second-order valence-electron chi connectivity index (χ2n) is 6.69. The van der Waals surface area contributed by atoms with E-state index in [1.54, 1.807) is 14.2 Å². The Kier molecular flexibility index (Phi) is 6.47. The van der Waals surface area contributed by atoms with E-state index >= 15 is 0 Å². The summed E-state index contributed by atoms with van der Waals surface area (Å²) in [7, 11) is 3.46. The van der Waals surface area contributed by atoms with E-state index in [9.17, 15) is 0 Å². The van der Waals surface area contributed by atoms with Crippen molar-refractivity contribution in [1.29, 1.82) is 0 Å². The zero-order valence-electron chi connectivity index (χ0n) is 15.9. The summed E-state index contributed by atoms with van der Waals surface area (Å²) in [6, 6.07) is 12.3. The van der Waals surface area contributed by atoms with Crippen LogP contribution in [0.1, 0.15) is 24.1 Å². The Labute approximate surface area is 155 Å². The molecule has 0 amide bonds. The summed E-state index contributed by atoms with van der Waals surface area (Å²) >= 11 is 0. The third kappa shape index (κ3) is 4.34. The van der Waals surface area contributed by atoms with Gasteiger partial charge >= 0.3 is 0 Å². The van der Waals surface area contributed by atoms with Crippen molar-refractivity contribution >= 4 is 0 Å². The van der Waals surface area contributed by atoms with E-state index in [4.69, 9.17) is 14.2 Å². The zero-order chi connectivity index (χ0) is 18.4. The van der Waals surface area contributed by atoms with Crippen LogP contribution in [0.2, 0.25) is 0 Å². The minimum absolute atomic E-state index is 0.403. The Morgan fingerprint density at radius 1 is 1.12 bits per heavy atom. The molecule has 0 bridgehead atoms. The van der Waals surface area contributed by atoms with Gasteiger partial charge in [-0.2, -0.15) is 0 Å². The maximum Gasteiger partial charge on any atom is 0.161 e. The smallest absolute Gasteiger partial charge is 0.161 e. The number of pyridine rings is 1. The maximum absolute atomic E-state index is 5.61. The van der Waals surface area contributed by atoms with Gasteiger partial charge in [-0.3, -0.25) is 9.88 Å². The van der Waals surface area contributed by atoms with Gasteiger partial charge in [0.15, 0.2) is 11.5 Å². The molecular formula is C21H28N2O3. The lowest BCUT2D eigenvalue weighted by atomic mass is 9.93. The van der Waals surface area contributed by atoms with Crippen LogP contribution in [-0.2, 0) is 11.3 Å². The third-order valence-electron chi connectivity index (χ3n) is 4.90. The first-order valence-electron chi connectivity index (χ1n) is 9.17. The Hall–Kier alpha value is -2.11. The highest BCUT2D eigenvalue weighted by Gasteiger charge is 2.34. The van der Waals surface area contributed by atoms with E-state index in [1.165, 1.54) is 5.56 Å². The zero-order valence-corrected chi connectivity index (χ0v) is 15.9. The molecule has 5 heteroatoms. The van der Waals surface area contributed by atoms with Gasteiger partial charge in [0.1, 0.15) is 0 Å². The van der Waals surface area contributed by atoms with Gasteiger partial charge in [-0.25, -0.2) is 0 Å². The highest BCUT2D eigenvalue weighted by atomic mass is 16.5. The van der Waals surface area contributed by atoms with E-state index in [2.05, 4.69) is 34.1 Å². The number of benzene rings is 1. The number of hydrogen-bond acceptors (Lipinski definition) is 5. The molecule has 1 aliphatic rings. The first-order chi connectivity index (χ1) is 12.7. The number of aromatic nitrogens is 1. The van der Waals surface area contributed by atoms with Gasteiger partial charge in [-0.05, 0) is 36.8 Å². The molecule has 2 atom stereocenters. The summed E-state index contributed by atoms with van der Waals surface area (Å²) < 4.78 is 16.6. The van der Waals surface area contributed by atoms with Crippen LogP contribution in [0.4, 0.5) is 0 Å². The topological polar surface area (TPSA) is 43.8 Å². The molecule has 1 saturated heterocycles. The van der Waals surface area contributed by atoms with Crippen molar-refractivity contribution < 1.29 is 14.2 Å². The second kappa shape index (κ2) is 9.01. The van der Waals surface area contributed by atoms with E-state index in [0.717, 1.165) is 43.4 Å². The predicted octanol–water partition coefficient (Wildman–Crippen LogP) is 3.35. The number of ether oxygens (including phenoxy) is 3. The van der Waals surface area contributed by atoms with Crippen LogP contribution in [-0.4, -0.2) is 50.4 Å². The largest absolute Gasteiger partial charge is 0.493 e. The van der Waals surface area contributed by atoms with Gasteiger partial charge in [-0.15, -0.1) is 0 Å². The SMILES string of the molecule is CCOc1ccc(CN2C[C@@H](COC)[C@H](c3ccccn3)C2)cc1OC. The van der Waals surface area contributed by atoms with E-state index in [1.807, 2.05) is 25.3 Å². The van der Waals surface area contributed by atoms with Gasteiger partial charge in [-0.1, -0.05) is 12.1 Å². The molecule has 0 spiro atoms. The normalized spacial score (nSPS) is 20.3. The minimum Gasteiger partial charge on any atom is -0.493 e. The summed E-state index contributed by atoms with van der Waals surface area (Å²) in [6.07, 6.45) is 1.87. The molecule has 1 aliphatic heterocycles. The Bertz CT molecular complexity index is 693. The molecule has 26 heavy (non-hydrogen) atoms. The highest BCUT2D eigenvalue weighted by molar-refractivity contribution is 5.43. The molecular weight excluding hydrogens is 328 g/mol. The van der Waals surface area contributed by atoms with Crippen molar-refractivity contribution in [3.8, 4) is 11.5 Å². The molecule has 1 aromatic carbocycles. The molecule has 3 rings (SSSR count). The molecule has 1 aromatic heterocycles. The summed E-state index contributed by atoms with van der Waals surface area (Å²) in [5, 5.41) is 0. The van der Waals surface area contributed by atoms with Gasteiger partial charge in [0.05, 0.1) is 20.3 Å². The van der Waals surface area contributed by atoms with E-state index in [-0.39, 0.29) is 0 Å². The Morgan fingerprint density at radius 3 is 2.69 bits per heavy atom. The number of rotatable bonds is 8.